The maximum Gasteiger partial charge on any atom is 0.0371 e. The lowest BCUT2D eigenvalue weighted by Crippen LogP contribution is -2.40. The number of rotatable bonds is 9. The molecule has 0 spiro atoms. The van der Waals surface area contributed by atoms with Gasteiger partial charge in [-0.3, -0.25) is 0 Å². The van der Waals surface area contributed by atoms with Crippen LogP contribution in [0.3, 0.4) is 0 Å². The molecule has 1 nitrogen and oxygen atoms in total. The van der Waals surface area contributed by atoms with Crippen LogP contribution in [0.4, 0.5) is 0 Å². The first-order valence-electron chi connectivity index (χ1n) is 11.5. The first-order valence-corrected chi connectivity index (χ1v) is 11.5. The molecule has 1 aromatic rings. The zero-order valence-electron chi connectivity index (χ0n) is 18.3. The molecule has 2 saturated carbocycles. The van der Waals surface area contributed by atoms with Gasteiger partial charge in [-0.15, -0.1) is 0 Å². The predicted octanol–water partition coefficient (Wildman–Crippen LogP) is 7.77. The summed E-state index contributed by atoms with van der Waals surface area (Å²) in [5.41, 5.74) is 4.64. The van der Waals surface area contributed by atoms with E-state index in [-0.39, 0.29) is 0 Å². The molecule has 2 aliphatic rings. The summed E-state index contributed by atoms with van der Waals surface area (Å²) in [6, 6.07) is 10.7. The summed E-state index contributed by atoms with van der Waals surface area (Å²) in [4.78, 5) is 2.72. The van der Waals surface area contributed by atoms with Crippen LogP contribution in [0.25, 0.3) is 5.70 Å². The third kappa shape index (κ3) is 4.98. The van der Waals surface area contributed by atoms with Crippen molar-refractivity contribution in [3.8, 4) is 0 Å². The third-order valence-electron chi connectivity index (χ3n) is 7.37. The average molecular weight is 368 g/mol. The van der Waals surface area contributed by atoms with Crippen LogP contribution in [0, 0.1) is 5.41 Å². The van der Waals surface area contributed by atoms with Crippen LogP contribution in [0.15, 0.2) is 30.8 Å². The zero-order valence-corrected chi connectivity index (χ0v) is 18.3. The predicted molar refractivity (Wildman–Crippen MR) is 119 cm³/mol. The summed E-state index contributed by atoms with van der Waals surface area (Å²) >= 11 is 0. The number of hydrogen-bond acceptors (Lipinski definition) is 1. The Balaban J connectivity index is 1.67. The van der Waals surface area contributed by atoms with E-state index >= 15 is 0 Å². The van der Waals surface area contributed by atoms with Crippen molar-refractivity contribution in [1.29, 1.82) is 0 Å². The van der Waals surface area contributed by atoms with Gasteiger partial charge in [-0.1, -0.05) is 71.4 Å². The van der Waals surface area contributed by atoms with E-state index in [9.17, 15) is 0 Å². The van der Waals surface area contributed by atoms with Crippen LogP contribution >= 0.6 is 0 Å². The van der Waals surface area contributed by atoms with E-state index in [1.54, 1.807) is 0 Å². The van der Waals surface area contributed by atoms with Crippen molar-refractivity contribution in [1.82, 2.24) is 4.90 Å². The zero-order chi connectivity index (χ0) is 19.4. The van der Waals surface area contributed by atoms with Crippen LogP contribution in [0.2, 0.25) is 0 Å². The SMILES string of the molecule is C=C(c1ccc(C(C)CC)cc1)N(C1CC1)C1CCC(C)(CCCC)CC1. The van der Waals surface area contributed by atoms with Crippen molar-refractivity contribution < 1.29 is 0 Å². The highest BCUT2D eigenvalue weighted by Gasteiger charge is 2.39. The highest BCUT2D eigenvalue weighted by Crippen LogP contribution is 2.45. The molecule has 3 rings (SSSR count). The topological polar surface area (TPSA) is 3.24 Å². The molecule has 1 aromatic carbocycles. The molecular formula is C26H41N. The van der Waals surface area contributed by atoms with Gasteiger partial charge in [0.25, 0.3) is 0 Å². The molecule has 2 fully saturated rings. The van der Waals surface area contributed by atoms with E-state index < -0.39 is 0 Å². The minimum absolute atomic E-state index is 0.584. The molecular weight excluding hydrogens is 326 g/mol. The van der Waals surface area contributed by atoms with Gasteiger partial charge >= 0.3 is 0 Å². The summed E-state index contributed by atoms with van der Waals surface area (Å²) < 4.78 is 0. The quantitative estimate of drug-likeness (QED) is 0.431. The summed E-state index contributed by atoms with van der Waals surface area (Å²) in [6.07, 6.45) is 13.5. The monoisotopic (exact) mass is 367 g/mol. The minimum Gasteiger partial charge on any atom is -0.366 e. The second-order valence-electron chi connectivity index (χ2n) is 9.66. The first-order chi connectivity index (χ1) is 13.0. The van der Waals surface area contributed by atoms with E-state index in [1.807, 2.05) is 0 Å². The fourth-order valence-corrected chi connectivity index (χ4v) is 4.91. The van der Waals surface area contributed by atoms with Gasteiger partial charge in [0.15, 0.2) is 0 Å². The molecule has 2 aliphatic carbocycles. The molecule has 0 aromatic heterocycles. The van der Waals surface area contributed by atoms with Crippen molar-refractivity contribution in [3.63, 3.8) is 0 Å². The van der Waals surface area contributed by atoms with Crippen molar-refractivity contribution >= 4 is 5.70 Å². The smallest absolute Gasteiger partial charge is 0.0371 e. The van der Waals surface area contributed by atoms with Gasteiger partial charge in [-0.05, 0) is 73.8 Å². The molecule has 150 valence electrons. The van der Waals surface area contributed by atoms with E-state index in [1.165, 1.54) is 81.0 Å². The minimum atomic E-state index is 0.584. The van der Waals surface area contributed by atoms with E-state index in [0.717, 1.165) is 6.04 Å². The fourth-order valence-electron chi connectivity index (χ4n) is 4.91. The number of nitrogens with zero attached hydrogens (tertiary/aromatic N) is 1. The second-order valence-corrected chi connectivity index (χ2v) is 9.66. The van der Waals surface area contributed by atoms with Gasteiger partial charge in [0, 0.05) is 17.8 Å². The Morgan fingerprint density at radius 3 is 2.19 bits per heavy atom. The molecule has 0 radical (unpaired) electrons. The van der Waals surface area contributed by atoms with E-state index in [4.69, 9.17) is 0 Å². The van der Waals surface area contributed by atoms with E-state index in [0.29, 0.717) is 17.4 Å². The Kier molecular flexibility index (Phi) is 6.71. The van der Waals surface area contributed by atoms with Crippen molar-refractivity contribution in [2.45, 2.75) is 110 Å². The lowest BCUT2D eigenvalue weighted by atomic mass is 9.70. The molecule has 27 heavy (non-hydrogen) atoms. The molecule has 1 atom stereocenters. The summed E-state index contributed by atoms with van der Waals surface area (Å²) in [7, 11) is 0. The Labute approximate surface area is 168 Å². The molecule has 0 N–H and O–H groups in total. The Morgan fingerprint density at radius 1 is 1.07 bits per heavy atom. The highest BCUT2D eigenvalue weighted by molar-refractivity contribution is 5.63. The van der Waals surface area contributed by atoms with Gasteiger partial charge in [0.2, 0.25) is 0 Å². The van der Waals surface area contributed by atoms with Gasteiger partial charge < -0.3 is 4.90 Å². The maximum absolute atomic E-state index is 4.57. The summed E-state index contributed by atoms with van der Waals surface area (Å²) in [5.74, 6) is 0.644. The molecule has 0 aliphatic heterocycles. The van der Waals surface area contributed by atoms with E-state index in [2.05, 4.69) is 63.4 Å². The molecule has 0 bridgehead atoms. The maximum atomic E-state index is 4.57. The molecule has 0 saturated heterocycles. The van der Waals surface area contributed by atoms with Crippen molar-refractivity contribution in [2.75, 3.05) is 0 Å². The van der Waals surface area contributed by atoms with Gasteiger partial charge in [-0.25, -0.2) is 0 Å². The van der Waals surface area contributed by atoms with Gasteiger partial charge in [0.05, 0.1) is 0 Å². The van der Waals surface area contributed by atoms with Crippen LogP contribution in [0.1, 0.15) is 109 Å². The van der Waals surface area contributed by atoms with Gasteiger partial charge in [0.1, 0.15) is 0 Å². The van der Waals surface area contributed by atoms with Crippen molar-refractivity contribution in [2.24, 2.45) is 5.41 Å². The van der Waals surface area contributed by atoms with Crippen LogP contribution in [0.5, 0.6) is 0 Å². The summed E-state index contributed by atoms with van der Waals surface area (Å²) in [5, 5.41) is 0. The molecule has 1 heteroatoms. The average Bonchev–Trinajstić information content (AvgIpc) is 3.53. The molecule has 0 heterocycles. The first kappa shape index (κ1) is 20.5. The number of unbranched alkanes of at least 4 members (excludes halogenated alkanes) is 1. The Bertz CT molecular complexity index is 602. The number of benzene rings is 1. The highest BCUT2D eigenvalue weighted by atomic mass is 15.2. The number of hydrogen-bond donors (Lipinski definition) is 0. The fraction of sp³-hybridized carbons (Fsp3) is 0.692. The molecule has 0 amide bonds. The standard InChI is InChI=1S/C26H41N/c1-6-8-17-26(5)18-15-25(16-19-26)27(24-13-14-24)21(4)23-11-9-22(10-12-23)20(3)7-2/h9-12,20,24-25H,4,6-8,13-19H2,1-3,5H3. The second kappa shape index (κ2) is 8.84. The third-order valence-corrected chi connectivity index (χ3v) is 7.37. The van der Waals surface area contributed by atoms with Crippen LogP contribution in [-0.4, -0.2) is 17.0 Å². The lowest BCUT2D eigenvalue weighted by Gasteiger charge is -2.44. The van der Waals surface area contributed by atoms with Crippen molar-refractivity contribution in [3.05, 3.63) is 42.0 Å². The van der Waals surface area contributed by atoms with Crippen LogP contribution < -0.4 is 0 Å². The molecule has 1 unspecified atom stereocenters. The summed E-state index contributed by atoms with van der Waals surface area (Å²) in [6.45, 7) is 14.0. The largest absolute Gasteiger partial charge is 0.366 e. The Morgan fingerprint density at radius 2 is 1.67 bits per heavy atom. The van der Waals surface area contributed by atoms with Gasteiger partial charge in [-0.2, -0.15) is 0 Å². The normalized spacial score (nSPS) is 26.6. The Hall–Kier alpha value is -1.24. The van der Waals surface area contributed by atoms with Crippen LogP contribution in [-0.2, 0) is 0 Å². The lowest BCUT2D eigenvalue weighted by molar-refractivity contribution is 0.121.